The molecule has 2 N–H and O–H groups in total. The third kappa shape index (κ3) is 4.34. The predicted molar refractivity (Wildman–Crippen MR) is 93.8 cm³/mol. The Hall–Kier alpha value is -1.81. The van der Waals surface area contributed by atoms with E-state index >= 15 is 0 Å². The van der Waals surface area contributed by atoms with E-state index in [-0.39, 0.29) is 0 Å². The molecule has 0 spiro atoms. The summed E-state index contributed by atoms with van der Waals surface area (Å²) < 4.78 is 5.37. The van der Waals surface area contributed by atoms with E-state index in [9.17, 15) is 0 Å². The number of rotatable bonds is 9. The summed E-state index contributed by atoms with van der Waals surface area (Å²) in [4.78, 5) is 4.48. The largest absolute Gasteiger partial charge is 0.497 e. The summed E-state index contributed by atoms with van der Waals surface area (Å²) in [5.41, 5.74) is 2.04. The van der Waals surface area contributed by atoms with Crippen molar-refractivity contribution in [3.63, 3.8) is 0 Å². The third-order valence-corrected chi connectivity index (χ3v) is 4.00. The van der Waals surface area contributed by atoms with E-state index in [1.807, 2.05) is 24.4 Å². The molecule has 1 aromatic heterocycles. The minimum absolute atomic E-state index is 0.638. The Bertz CT molecular complexity index is 582. The smallest absolute Gasteiger partial charge is 0.121 e. The highest BCUT2D eigenvalue weighted by atomic mass is 16.5. The Morgan fingerprint density at radius 1 is 1.18 bits per heavy atom. The Labute approximate surface area is 133 Å². The fourth-order valence-corrected chi connectivity index (χ4v) is 2.61. The molecule has 1 heterocycles. The highest BCUT2D eigenvalue weighted by Crippen LogP contribution is 2.27. The average Bonchev–Trinajstić information content (AvgIpc) is 2.57. The van der Waals surface area contributed by atoms with Gasteiger partial charge in [0.05, 0.1) is 18.3 Å². The Morgan fingerprint density at radius 2 is 2.00 bits per heavy atom. The van der Waals surface area contributed by atoms with E-state index in [0.717, 1.165) is 41.9 Å². The lowest BCUT2D eigenvalue weighted by molar-refractivity contribution is 0.415. The predicted octanol–water partition coefficient (Wildman–Crippen LogP) is 3.82. The standard InChI is InChI=1S/C18H27N3O/c1-4-15(5-2)19-10-7-11-20-17-13-16(22-3)12-14-8-6-9-21-18(14)17/h6,8-9,12-13,15,19-20H,4-5,7,10-11H2,1-3H3. The van der Waals surface area contributed by atoms with Crippen molar-refractivity contribution in [2.75, 3.05) is 25.5 Å². The maximum absolute atomic E-state index is 5.37. The molecule has 0 aliphatic heterocycles. The van der Waals surface area contributed by atoms with Crippen molar-refractivity contribution in [1.82, 2.24) is 10.3 Å². The van der Waals surface area contributed by atoms with Crippen molar-refractivity contribution in [3.05, 3.63) is 30.5 Å². The lowest BCUT2D eigenvalue weighted by Gasteiger charge is -2.15. The van der Waals surface area contributed by atoms with Crippen molar-refractivity contribution in [2.24, 2.45) is 0 Å². The van der Waals surface area contributed by atoms with E-state index < -0.39 is 0 Å². The van der Waals surface area contributed by atoms with Crippen molar-refractivity contribution in [3.8, 4) is 5.75 Å². The van der Waals surface area contributed by atoms with Crippen LogP contribution in [-0.2, 0) is 0 Å². The molecule has 0 saturated carbocycles. The summed E-state index contributed by atoms with van der Waals surface area (Å²) in [5, 5.41) is 8.17. The van der Waals surface area contributed by atoms with E-state index in [1.54, 1.807) is 7.11 Å². The number of anilines is 1. The zero-order chi connectivity index (χ0) is 15.8. The molecular formula is C18H27N3O. The van der Waals surface area contributed by atoms with E-state index in [0.29, 0.717) is 6.04 Å². The van der Waals surface area contributed by atoms with Gasteiger partial charge in [0, 0.05) is 30.2 Å². The van der Waals surface area contributed by atoms with Crippen LogP contribution in [0.4, 0.5) is 5.69 Å². The molecule has 0 aliphatic rings. The van der Waals surface area contributed by atoms with E-state index in [4.69, 9.17) is 4.74 Å². The van der Waals surface area contributed by atoms with Gasteiger partial charge >= 0.3 is 0 Å². The van der Waals surface area contributed by atoms with Crippen molar-refractivity contribution in [1.29, 1.82) is 0 Å². The first kappa shape index (κ1) is 16.6. The maximum Gasteiger partial charge on any atom is 0.121 e. The minimum atomic E-state index is 0.638. The number of hydrogen-bond donors (Lipinski definition) is 2. The second kappa shape index (κ2) is 8.59. The van der Waals surface area contributed by atoms with Gasteiger partial charge in [0.2, 0.25) is 0 Å². The Morgan fingerprint density at radius 3 is 2.73 bits per heavy atom. The van der Waals surface area contributed by atoms with Crippen molar-refractivity contribution < 1.29 is 4.74 Å². The van der Waals surface area contributed by atoms with Crippen molar-refractivity contribution >= 4 is 16.6 Å². The molecule has 120 valence electrons. The molecule has 0 amide bonds. The molecule has 2 rings (SSSR count). The zero-order valence-electron chi connectivity index (χ0n) is 13.9. The first-order valence-electron chi connectivity index (χ1n) is 8.18. The number of ether oxygens (including phenoxy) is 1. The van der Waals surface area contributed by atoms with Gasteiger partial charge < -0.3 is 15.4 Å². The van der Waals surface area contributed by atoms with Gasteiger partial charge in [0.1, 0.15) is 5.75 Å². The molecule has 0 atom stereocenters. The fourth-order valence-electron chi connectivity index (χ4n) is 2.61. The second-order valence-electron chi connectivity index (χ2n) is 5.50. The van der Waals surface area contributed by atoms with Crippen LogP contribution in [0.1, 0.15) is 33.1 Å². The molecule has 1 aromatic carbocycles. The Balaban J connectivity index is 1.93. The number of methoxy groups -OCH3 is 1. The summed E-state index contributed by atoms with van der Waals surface area (Å²) >= 11 is 0. The van der Waals surface area contributed by atoms with Gasteiger partial charge in [-0.2, -0.15) is 0 Å². The molecule has 0 radical (unpaired) electrons. The lowest BCUT2D eigenvalue weighted by Crippen LogP contribution is -2.29. The second-order valence-corrected chi connectivity index (χ2v) is 5.50. The van der Waals surface area contributed by atoms with Gasteiger partial charge in [0.15, 0.2) is 0 Å². The minimum Gasteiger partial charge on any atom is -0.497 e. The Kier molecular flexibility index (Phi) is 6.46. The molecule has 0 aliphatic carbocycles. The quantitative estimate of drug-likeness (QED) is 0.691. The average molecular weight is 301 g/mol. The van der Waals surface area contributed by atoms with Gasteiger partial charge in [0.25, 0.3) is 0 Å². The number of nitrogens with zero attached hydrogens (tertiary/aromatic N) is 1. The van der Waals surface area contributed by atoms with Gasteiger partial charge in [-0.05, 0) is 37.9 Å². The van der Waals surface area contributed by atoms with Gasteiger partial charge in [-0.25, -0.2) is 0 Å². The van der Waals surface area contributed by atoms with Crippen LogP contribution in [0.5, 0.6) is 5.75 Å². The van der Waals surface area contributed by atoms with Crippen LogP contribution in [0.15, 0.2) is 30.5 Å². The number of aromatic nitrogens is 1. The van der Waals surface area contributed by atoms with Gasteiger partial charge in [-0.3, -0.25) is 4.98 Å². The summed E-state index contributed by atoms with van der Waals surface area (Å²) in [5.74, 6) is 0.859. The van der Waals surface area contributed by atoms with E-state index in [1.165, 1.54) is 12.8 Å². The molecule has 22 heavy (non-hydrogen) atoms. The number of benzene rings is 1. The van der Waals surface area contributed by atoms with Gasteiger partial charge in [-0.15, -0.1) is 0 Å². The molecule has 0 unspecified atom stereocenters. The lowest BCUT2D eigenvalue weighted by atomic mass is 10.1. The summed E-state index contributed by atoms with van der Waals surface area (Å²) in [6.07, 6.45) is 5.29. The normalized spacial score (nSPS) is 11.1. The van der Waals surface area contributed by atoms with Crippen LogP contribution in [0.3, 0.4) is 0 Å². The zero-order valence-corrected chi connectivity index (χ0v) is 13.9. The molecule has 4 heteroatoms. The van der Waals surface area contributed by atoms with Gasteiger partial charge in [-0.1, -0.05) is 19.9 Å². The first-order valence-corrected chi connectivity index (χ1v) is 8.18. The van der Waals surface area contributed by atoms with Crippen LogP contribution in [0.2, 0.25) is 0 Å². The topological polar surface area (TPSA) is 46.2 Å². The van der Waals surface area contributed by atoms with Crippen LogP contribution in [0.25, 0.3) is 10.9 Å². The number of nitrogens with one attached hydrogen (secondary N) is 2. The highest BCUT2D eigenvalue weighted by Gasteiger charge is 2.05. The first-order chi connectivity index (χ1) is 10.8. The molecule has 4 nitrogen and oxygen atoms in total. The summed E-state index contributed by atoms with van der Waals surface area (Å²) in [6, 6.07) is 8.68. The van der Waals surface area contributed by atoms with Crippen molar-refractivity contribution in [2.45, 2.75) is 39.2 Å². The maximum atomic E-state index is 5.37. The fraction of sp³-hybridized carbons (Fsp3) is 0.500. The number of pyridine rings is 1. The van der Waals surface area contributed by atoms with Crippen LogP contribution in [0, 0.1) is 0 Å². The molecule has 0 saturated heterocycles. The van der Waals surface area contributed by atoms with E-state index in [2.05, 4.69) is 35.5 Å². The molecule has 2 aromatic rings. The SMILES string of the molecule is CCC(CC)NCCCNc1cc(OC)cc2cccnc12. The summed E-state index contributed by atoms with van der Waals surface area (Å²) in [6.45, 7) is 6.42. The third-order valence-electron chi connectivity index (χ3n) is 4.00. The monoisotopic (exact) mass is 301 g/mol. The van der Waals surface area contributed by atoms with Crippen LogP contribution < -0.4 is 15.4 Å². The number of fused-ring (bicyclic) bond motifs is 1. The summed E-state index contributed by atoms with van der Waals surface area (Å²) in [7, 11) is 1.70. The van der Waals surface area contributed by atoms with Crippen LogP contribution in [-0.4, -0.2) is 31.2 Å². The molecule has 0 fully saturated rings. The van der Waals surface area contributed by atoms with Crippen LogP contribution >= 0.6 is 0 Å². The molecular weight excluding hydrogens is 274 g/mol. The number of hydrogen-bond acceptors (Lipinski definition) is 4. The molecule has 0 bridgehead atoms. The highest BCUT2D eigenvalue weighted by molar-refractivity contribution is 5.91.